The van der Waals surface area contributed by atoms with Gasteiger partial charge in [0.1, 0.15) is 17.4 Å². The van der Waals surface area contributed by atoms with Gasteiger partial charge in [-0.25, -0.2) is 8.78 Å². The number of ether oxygens (including phenoxy) is 1. The van der Waals surface area contributed by atoms with E-state index in [0.717, 1.165) is 38.5 Å². The van der Waals surface area contributed by atoms with E-state index in [0.29, 0.717) is 23.6 Å². The van der Waals surface area contributed by atoms with Crippen molar-refractivity contribution in [3.05, 3.63) is 63.7 Å². The lowest BCUT2D eigenvalue weighted by atomic mass is 9.77. The van der Waals surface area contributed by atoms with Crippen LogP contribution < -0.4 is 4.74 Å². The van der Waals surface area contributed by atoms with E-state index < -0.39 is 35.5 Å². The summed E-state index contributed by atoms with van der Waals surface area (Å²) in [6, 6.07) is 3.69. The lowest BCUT2D eigenvalue weighted by molar-refractivity contribution is -0.276. The Morgan fingerprint density at radius 3 is 2.06 bits per heavy atom. The summed E-state index contributed by atoms with van der Waals surface area (Å²) in [5.74, 6) is -2.42. The third kappa shape index (κ3) is 5.64. The molecule has 1 fully saturated rings. The number of rotatable bonds is 5. The van der Waals surface area contributed by atoms with E-state index >= 15 is 8.78 Å². The fourth-order valence-electron chi connectivity index (χ4n) is 5.29. The number of hydrogen-bond acceptors (Lipinski definition) is 1. The number of allylic oxidation sites excluding steroid dienone is 1. The van der Waals surface area contributed by atoms with E-state index in [-0.39, 0.29) is 34.6 Å². The van der Waals surface area contributed by atoms with Crippen LogP contribution in [0.5, 0.6) is 5.75 Å². The molecule has 1 nitrogen and oxygen atoms in total. The molecule has 0 aliphatic heterocycles. The van der Waals surface area contributed by atoms with E-state index in [1.807, 2.05) is 0 Å². The lowest BCUT2D eigenvalue weighted by Gasteiger charge is -2.29. The fourth-order valence-corrected chi connectivity index (χ4v) is 5.29. The van der Waals surface area contributed by atoms with E-state index in [2.05, 4.69) is 11.7 Å². The lowest BCUT2D eigenvalue weighted by Crippen LogP contribution is -2.20. The van der Waals surface area contributed by atoms with E-state index in [4.69, 9.17) is 0 Å². The SMILES string of the molecule is CCCC1CCC(c2cc(F)c(C3=Cc4cc(OC(F)(F)F)c(C(F)(F)F)cc4C3)c(F)c2)CC1. The molecule has 0 saturated heterocycles. The Morgan fingerprint density at radius 2 is 1.51 bits per heavy atom. The van der Waals surface area contributed by atoms with Crippen molar-refractivity contribution in [1.82, 2.24) is 0 Å². The minimum Gasteiger partial charge on any atom is -0.405 e. The molecule has 0 bridgehead atoms. The van der Waals surface area contributed by atoms with Gasteiger partial charge < -0.3 is 4.74 Å². The summed E-state index contributed by atoms with van der Waals surface area (Å²) in [6.07, 6.45) is -3.60. The minimum absolute atomic E-state index is 0.00984. The highest BCUT2D eigenvalue weighted by molar-refractivity contribution is 5.89. The average Bonchev–Trinajstić information content (AvgIpc) is 3.14. The molecule has 0 aromatic heterocycles. The first-order valence-electron chi connectivity index (χ1n) is 11.6. The van der Waals surface area contributed by atoms with Crippen LogP contribution in [0.4, 0.5) is 35.1 Å². The molecule has 190 valence electrons. The van der Waals surface area contributed by atoms with E-state index in [1.165, 1.54) is 18.2 Å². The smallest absolute Gasteiger partial charge is 0.405 e. The quantitative estimate of drug-likeness (QED) is 0.369. The van der Waals surface area contributed by atoms with Crippen LogP contribution in [0.15, 0.2) is 24.3 Å². The van der Waals surface area contributed by atoms with Gasteiger partial charge in [0, 0.05) is 5.56 Å². The maximum absolute atomic E-state index is 15.1. The summed E-state index contributed by atoms with van der Waals surface area (Å²) < 4.78 is 112. The Labute approximate surface area is 197 Å². The first-order valence-corrected chi connectivity index (χ1v) is 11.6. The molecule has 0 amide bonds. The zero-order valence-corrected chi connectivity index (χ0v) is 18.9. The topological polar surface area (TPSA) is 9.23 Å². The van der Waals surface area contributed by atoms with Crippen molar-refractivity contribution in [3.63, 3.8) is 0 Å². The van der Waals surface area contributed by atoms with Gasteiger partial charge >= 0.3 is 12.5 Å². The number of fused-ring (bicyclic) bond motifs is 1. The first-order chi connectivity index (χ1) is 16.4. The third-order valence-electron chi connectivity index (χ3n) is 6.88. The molecule has 2 aromatic carbocycles. The second-order valence-corrected chi connectivity index (χ2v) is 9.30. The fraction of sp³-hybridized carbons (Fsp3) is 0.462. The highest BCUT2D eigenvalue weighted by Crippen LogP contribution is 2.45. The maximum Gasteiger partial charge on any atom is 0.573 e. The Morgan fingerprint density at radius 1 is 0.886 bits per heavy atom. The summed E-state index contributed by atoms with van der Waals surface area (Å²) in [5.41, 5.74) is -1.36. The molecular formula is C26H24F8O. The summed E-state index contributed by atoms with van der Waals surface area (Å²) in [7, 11) is 0. The van der Waals surface area contributed by atoms with Gasteiger partial charge in [0.15, 0.2) is 0 Å². The molecule has 0 atom stereocenters. The first kappa shape index (κ1) is 25.5. The van der Waals surface area contributed by atoms with Crippen LogP contribution in [0.25, 0.3) is 11.6 Å². The summed E-state index contributed by atoms with van der Waals surface area (Å²) in [6.45, 7) is 2.12. The van der Waals surface area contributed by atoms with Gasteiger partial charge in [0.25, 0.3) is 0 Å². The number of halogens is 8. The standard InChI is InChI=1S/C26H24F8O/c1-2-3-14-4-6-15(7-5-14)18-11-21(27)24(22(28)12-18)19-8-16-10-20(25(29,30)31)23(13-17(16)9-19)35-26(32,33)34/h9-15H,2-8H2,1H3. The summed E-state index contributed by atoms with van der Waals surface area (Å²) >= 11 is 0. The van der Waals surface area contributed by atoms with Crippen molar-refractivity contribution < 1.29 is 39.9 Å². The number of alkyl halides is 6. The van der Waals surface area contributed by atoms with E-state index in [9.17, 15) is 26.3 Å². The van der Waals surface area contributed by atoms with Crippen LogP contribution >= 0.6 is 0 Å². The van der Waals surface area contributed by atoms with Crippen LogP contribution in [0.3, 0.4) is 0 Å². The Balaban J connectivity index is 1.62. The van der Waals surface area contributed by atoms with Crippen molar-refractivity contribution in [2.75, 3.05) is 0 Å². The van der Waals surface area contributed by atoms with Gasteiger partial charge in [0.2, 0.25) is 0 Å². The Bertz CT molecular complexity index is 1100. The predicted molar refractivity (Wildman–Crippen MR) is 116 cm³/mol. The van der Waals surface area contributed by atoms with Gasteiger partial charge in [-0.15, -0.1) is 13.2 Å². The van der Waals surface area contributed by atoms with Crippen LogP contribution in [-0.2, 0) is 12.6 Å². The number of hydrogen-bond donors (Lipinski definition) is 0. The molecule has 0 spiro atoms. The molecule has 2 aromatic rings. The van der Waals surface area contributed by atoms with Crippen LogP contribution in [0.1, 0.15) is 79.2 Å². The Kier molecular flexibility index (Phi) is 6.90. The molecule has 2 aliphatic rings. The van der Waals surface area contributed by atoms with Crippen molar-refractivity contribution in [3.8, 4) is 5.75 Å². The van der Waals surface area contributed by atoms with E-state index in [1.54, 1.807) is 0 Å². The summed E-state index contributed by atoms with van der Waals surface area (Å²) in [5, 5.41) is 0. The molecule has 4 rings (SSSR count). The zero-order valence-electron chi connectivity index (χ0n) is 18.9. The second kappa shape index (κ2) is 9.47. The highest BCUT2D eigenvalue weighted by atomic mass is 19.4. The highest BCUT2D eigenvalue weighted by Gasteiger charge is 2.40. The van der Waals surface area contributed by atoms with Crippen molar-refractivity contribution in [2.24, 2.45) is 5.92 Å². The largest absolute Gasteiger partial charge is 0.573 e. The van der Waals surface area contributed by atoms with Crippen LogP contribution in [0.2, 0.25) is 0 Å². The normalized spacial score (nSPS) is 20.5. The van der Waals surface area contributed by atoms with Gasteiger partial charge in [-0.1, -0.05) is 25.8 Å². The van der Waals surface area contributed by atoms with Gasteiger partial charge in [0.05, 0.1) is 5.56 Å². The Hall–Kier alpha value is -2.58. The molecule has 35 heavy (non-hydrogen) atoms. The summed E-state index contributed by atoms with van der Waals surface area (Å²) in [4.78, 5) is 0. The van der Waals surface area contributed by atoms with Crippen LogP contribution in [0, 0.1) is 17.6 Å². The molecular weight excluding hydrogens is 480 g/mol. The second-order valence-electron chi connectivity index (χ2n) is 9.30. The van der Waals surface area contributed by atoms with Crippen molar-refractivity contribution >= 4 is 11.6 Å². The molecule has 2 aliphatic carbocycles. The average molecular weight is 504 g/mol. The van der Waals surface area contributed by atoms with Crippen molar-refractivity contribution in [2.45, 2.75) is 70.3 Å². The van der Waals surface area contributed by atoms with Gasteiger partial charge in [-0.3, -0.25) is 0 Å². The minimum atomic E-state index is -5.33. The molecule has 0 radical (unpaired) electrons. The van der Waals surface area contributed by atoms with Gasteiger partial charge in [-0.05, 0) is 90.5 Å². The molecule has 0 heterocycles. The molecule has 1 saturated carbocycles. The monoisotopic (exact) mass is 504 g/mol. The molecule has 0 N–H and O–H groups in total. The molecule has 9 heteroatoms. The third-order valence-corrected chi connectivity index (χ3v) is 6.88. The maximum atomic E-state index is 15.1. The van der Waals surface area contributed by atoms with Gasteiger partial charge in [-0.2, -0.15) is 13.2 Å². The zero-order chi connectivity index (χ0) is 25.5. The number of benzene rings is 2. The predicted octanol–water partition coefficient (Wildman–Crippen LogP) is 9.05. The van der Waals surface area contributed by atoms with Crippen molar-refractivity contribution in [1.29, 1.82) is 0 Å². The van der Waals surface area contributed by atoms with Crippen LogP contribution in [-0.4, -0.2) is 6.36 Å². The molecule has 0 unspecified atom stereocenters.